The second kappa shape index (κ2) is 8.11. The van der Waals surface area contributed by atoms with Gasteiger partial charge in [0.05, 0.1) is 5.56 Å². The SMILES string of the molecule is CC(=O)Nc1ccc(N2CCC(C)CC2)c(C(=O)N2CCC(C)CC2)c1. The maximum Gasteiger partial charge on any atom is 0.256 e. The second-order valence-electron chi connectivity index (χ2n) is 8.06. The van der Waals surface area contributed by atoms with E-state index in [1.165, 1.54) is 6.92 Å². The Morgan fingerprint density at radius 3 is 2.12 bits per heavy atom. The lowest BCUT2D eigenvalue weighted by atomic mass is 9.96. The number of piperidine rings is 2. The third-order valence-electron chi connectivity index (χ3n) is 5.74. The van der Waals surface area contributed by atoms with Crippen molar-refractivity contribution in [1.29, 1.82) is 0 Å². The maximum atomic E-state index is 13.3. The number of benzene rings is 1. The van der Waals surface area contributed by atoms with Crippen molar-refractivity contribution in [3.63, 3.8) is 0 Å². The highest BCUT2D eigenvalue weighted by molar-refractivity contribution is 6.02. The summed E-state index contributed by atoms with van der Waals surface area (Å²) >= 11 is 0. The fourth-order valence-electron chi connectivity index (χ4n) is 3.90. The monoisotopic (exact) mass is 357 g/mol. The van der Waals surface area contributed by atoms with Crippen LogP contribution in [0.5, 0.6) is 0 Å². The molecule has 5 heteroatoms. The third kappa shape index (κ3) is 4.37. The molecule has 2 fully saturated rings. The van der Waals surface area contributed by atoms with Gasteiger partial charge in [0.1, 0.15) is 0 Å². The predicted molar refractivity (Wildman–Crippen MR) is 106 cm³/mol. The zero-order valence-electron chi connectivity index (χ0n) is 16.3. The molecule has 1 aromatic rings. The fraction of sp³-hybridized carbons (Fsp3) is 0.619. The Balaban J connectivity index is 1.88. The third-order valence-corrected chi connectivity index (χ3v) is 5.74. The van der Waals surface area contributed by atoms with Gasteiger partial charge in [-0.3, -0.25) is 9.59 Å². The van der Waals surface area contributed by atoms with Gasteiger partial charge in [-0.05, 0) is 55.7 Å². The summed E-state index contributed by atoms with van der Waals surface area (Å²) in [5.74, 6) is 1.41. The minimum Gasteiger partial charge on any atom is -0.371 e. The van der Waals surface area contributed by atoms with E-state index in [0.29, 0.717) is 11.6 Å². The van der Waals surface area contributed by atoms with Crippen molar-refractivity contribution in [2.24, 2.45) is 11.8 Å². The van der Waals surface area contributed by atoms with E-state index in [4.69, 9.17) is 0 Å². The first-order valence-corrected chi connectivity index (χ1v) is 9.90. The van der Waals surface area contributed by atoms with Crippen LogP contribution in [0.25, 0.3) is 0 Å². The van der Waals surface area contributed by atoms with Crippen LogP contribution in [0.1, 0.15) is 56.8 Å². The predicted octanol–water partition coefficient (Wildman–Crippen LogP) is 3.75. The van der Waals surface area contributed by atoms with E-state index in [9.17, 15) is 9.59 Å². The van der Waals surface area contributed by atoms with Gasteiger partial charge in [-0.1, -0.05) is 13.8 Å². The van der Waals surface area contributed by atoms with Crippen molar-refractivity contribution in [2.75, 3.05) is 36.4 Å². The molecule has 1 aromatic carbocycles. The molecule has 0 aliphatic carbocycles. The molecule has 2 aliphatic rings. The van der Waals surface area contributed by atoms with Crippen LogP contribution in [-0.2, 0) is 4.79 Å². The Morgan fingerprint density at radius 1 is 0.962 bits per heavy atom. The summed E-state index contributed by atoms with van der Waals surface area (Å²) in [5, 5.41) is 2.82. The quantitative estimate of drug-likeness (QED) is 0.896. The highest BCUT2D eigenvalue weighted by atomic mass is 16.2. The molecule has 2 saturated heterocycles. The van der Waals surface area contributed by atoms with Crippen molar-refractivity contribution in [1.82, 2.24) is 4.90 Å². The van der Waals surface area contributed by atoms with E-state index in [1.54, 1.807) is 0 Å². The van der Waals surface area contributed by atoms with Crippen molar-refractivity contribution in [3.05, 3.63) is 23.8 Å². The number of nitrogens with zero attached hydrogens (tertiary/aromatic N) is 2. The smallest absolute Gasteiger partial charge is 0.256 e. The molecule has 0 atom stereocenters. The summed E-state index contributed by atoms with van der Waals surface area (Å²) in [6.45, 7) is 9.64. The Kier molecular flexibility index (Phi) is 5.84. The van der Waals surface area contributed by atoms with Crippen molar-refractivity contribution >= 4 is 23.2 Å². The van der Waals surface area contributed by atoms with E-state index in [2.05, 4.69) is 24.1 Å². The molecule has 0 spiro atoms. The Bertz CT molecular complexity index is 657. The second-order valence-corrected chi connectivity index (χ2v) is 8.06. The lowest BCUT2D eigenvalue weighted by molar-refractivity contribution is -0.114. The first-order valence-electron chi connectivity index (χ1n) is 9.90. The molecule has 5 nitrogen and oxygen atoms in total. The molecule has 2 amide bonds. The summed E-state index contributed by atoms with van der Waals surface area (Å²) in [6, 6.07) is 5.76. The van der Waals surface area contributed by atoms with Gasteiger partial charge in [0.25, 0.3) is 5.91 Å². The molecule has 3 rings (SSSR count). The summed E-state index contributed by atoms with van der Waals surface area (Å²) in [4.78, 5) is 29.0. The molecule has 1 N–H and O–H groups in total. The van der Waals surface area contributed by atoms with Crippen LogP contribution in [0.2, 0.25) is 0 Å². The van der Waals surface area contributed by atoms with Gasteiger partial charge in [0.2, 0.25) is 5.91 Å². The number of hydrogen-bond acceptors (Lipinski definition) is 3. The molecule has 142 valence electrons. The average molecular weight is 357 g/mol. The normalized spacial score (nSPS) is 19.5. The standard InChI is InChI=1S/C21H31N3O2/c1-15-6-10-23(11-7-15)20-5-4-18(22-17(3)25)14-19(20)21(26)24-12-8-16(2)9-13-24/h4-5,14-16H,6-13H2,1-3H3,(H,22,25). The Hall–Kier alpha value is -2.04. The molecule has 0 unspecified atom stereocenters. The van der Waals surface area contributed by atoms with Gasteiger partial charge < -0.3 is 15.1 Å². The largest absolute Gasteiger partial charge is 0.371 e. The average Bonchev–Trinajstić information content (AvgIpc) is 2.62. The van der Waals surface area contributed by atoms with Crippen LogP contribution in [0.4, 0.5) is 11.4 Å². The number of amides is 2. The molecular weight excluding hydrogens is 326 g/mol. The first-order chi connectivity index (χ1) is 12.4. The minimum absolute atomic E-state index is 0.0951. The number of nitrogens with one attached hydrogen (secondary N) is 1. The summed E-state index contributed by atoms with van der Waals surface area (Å²) in [5.41, 5.74) is 2.43. The summed E-state index contributed by atoms with van der Waals surface area (Å²) in [6.07, 6.45) is 4.44. The van der Waals surface area contributed by atoms with Crippen LogP contribution >= 0.6 is 0 Å². The molecule has 0 saturated carbocycles. The molecule has 2 aliphatic heterocycles. The molecular formula is C21H31N3O2. The first kappa shape index (κ1) is 18.7. The van der Waals surface area contributed by atoms with Gasteiger partial charge in [-0.2, -0.15) is 0 Å². The van der Waals surface area contributed by atoms with Crippen molar-refractivity contribution in [2.45, 2.75) is 46.5 Å². The molecule has 2 heterocycles. The number of likely N-dealkylation sites (tertiary alicyclic amines) is 1. The lowest BCUT2D eigenvalue weighted by Crippen LogP contribution is -2.40. The lowest BCUT2D eigenvalue weighted by Gasteiger charge is -2.35. The number of rotatable bonds is 3. The number of carbonyl (C=O) groups is 2. The molecule has 0 bridgehead atoms. The molecule has 26 heavy (non-hydrogen) atoms. The Morgan fingerprint density at radius 2 is 1.54 bits per heavy atom. The maximum absolute atomic E-state index is 13.3. The fourth-order valence-corrected chi connectivity index (χ4v) is 3.90. The van der Waals surface area contributed by atoms with Crippen molar-refractivity contribution in [3.8, 4) is 0 Å². The van der Waals surface area contributed by atoms with E-state index < -0.39 is 0 Å². The topological polar surface area (TPSA) is 52.7 Å². The zero-order chi connectivity index (χ0) is 18.7. The van der Waals surface area contributed by atoms with E-state index in [1.807, 2.05) is 23.1 Å². The van der Waals surface area contributed by atoms with Gasteiger partial charge >= 0.3 is 0 Å². The zero-order valence-corrected chi connectivity index (χ0v) is 16.3. The van der Waals surface area contributed by atoms with Crippen molar-refractivity contribution < 1.29 is 9.59 Å². The number of carbonyl (C=O) groups excluding carboxylic acids is 2. The van der Waals surface area contributed by atoms with Crippen LogP contribution in [0.3, 0.4) is 0 Å². The molecule has 0 aromatic heterocycles. The molecule has 0 radical (unpaired) electrons. The van der Waals surface area contributed by atoms with Crippen LogP contribution in [0, 0.1) is 11.8 Å². The van der Waals surface area contributed by atoms with Crippen LogP contribution in [0.15, 0.2) is 18.2 Å². The van der Waals surface area contributed by atoms with Gasteiger partial charge in [0.15, 0.2) is 0 Å². The van der Waals surface area contributed by atoms with E-state index >= 15 is 0 Å². The van der Waals surface area contributed by atoms with Gasteiger partial charge in [-0.25, -0.2) is 0 Å². The Labute approximate surface area is 156 Å². The number of hydrogen-bond donors (Lipinski definition) is 1. The van der Waals surface area contributed by atoms with E-state index in [-0.39, 0.29) is 11.8 Å². The minimum atomic E-state index is -0.116. The van der Waals surface area contributed by atoms with Crippen LogP contribution in [-0.4, -0.2) is 42.9 Å². The number of anilines is 2. The summed E-state index contributed by atoms with van der Waals surface area (Å²) in [7, 11) is 0. The van der Waals surface area contributed by atoms with Gasteiger partial charge in [-0.15, -0.1) is 0 Å². The highest BCUT2D eigenvalue weighted by Gasteiger charge is 2.26. The van der Waals surface area contributed by atoms with Crippen LogP contribution < -0.4 is 10.2 Å². The van der Waals surface area contributed by atoms with Gasteiger partial charge in [0, 0.05) is 44.5 Å². The van der Waals surface area contributed by atoms with E-state index in [0.717, 1.165) is 69.0 Å². The summed E-state index contributed by atoms with van der Waals surface area (Å²) < 4.78 is 0. The highest BCUT2D eigenvalue weighted by Crippen LogP contribution is 2.30.